The monoisotopic (exact) mass is 639 g/mol. The van der Waals surface area contributed by atoms with Gasteiger partial charge >= 0.3 is 6.36 Å². The molecule has 1 aliphatic rings. The summed E-state index contributed by atoms with van der Waals surface area (Å²) in [4.78, 5) is 2.19. The molecule has 0 spiro atoms. The van der Waals surface area contributed by atoms with Gasteiger partial charge in [0.2, 0.25) is 10.0 Å². The molecule has 0 atom stereocenters. The van der Waals surface area contributed by atoms with Gasteiger partial charge in [0.1, 0.15) is 23.1 Å². The molecule has 0 aliphatic carbocycles. The van der Waals surface area contributed by atoms with Crippen molar-refractivity contribution < 1.29 is 40.2 Å². The van der Waals surface area contributed by atoms with Crippen LogP contribution in [0.25, 0.3) is 11.1 Å². The Morgan fingerprint density at radius 2 is 1.48 bits per heavy atom. The number of alkyl halides is 3. The molecule has 1 fully saturated rings. The van der Waals surface area contributed by atoms with Gasteiger partial charge in [-0.15, -0.1) is 13.2 Å². The van der Waals surface area contributed by atoms with E-state index >= 15 is 0 Å². The van der Waals surface area contributed by atoms with Gasteiger partial charge in [-0.05, 0) is 99.4 Å². The van der Waals surface area contributed by atoms with Crippen LogP contribution in [0.1, 0.15) is 32.3 Å². The second kappa shape index (κ2) is 15.1. The summed E-state index contributed by atoms with van der Waals surface area (Å²) in [6.45, 7) is 7.68. The number of nitrogens with one attached hydrogen (secondary N) is 2. The number of nitrogens with zero attached hydrogens (tertiary/aromatic N) is 1. The zero-order valence-electron chi connectivity index (χ0n) is 24.6. The first kappa shape index (κ1) is 33.5. The topological polar surface area (TPSA) is 89.1 Å². The van der Waals surface area contributed by atoms with Crippen LogP contribution < -0.4 is 24.2 Å². The van der Waals surface area contributed by atoms with Crippen molar-refractivity contribution in [3.05, 3.63) is 72.0 Å². The Hall–Kier alpha value is -3.39. The maximum absolute atomic E-state index is 13.6. The van der Waals surface area contributed by atoms with Crippen molar-refractivity contribution >= 4 is 10.0 Å². The minimum Gasteiger partial charge on any atom is -0.493 e. The van der Waals surface area contributed by atoms with E-state index in [-0.39, 0.29) is 23.3 Å². The number of piperidine rings is 1. The van der Waals surface area contributed by atoms with E-state index < -0.39 is 22.1 Å². The second-order valence-corrected chi connectivity index (χ2v) is 12.0. The number of hydrogen-bond donors (Lipinski definition) is 2. The molecule has 4 rings (SSSR count). The molecule has 1 aliphatic heterocycles. The molecule has 240 valence electrons. The Morgan fingerprint density at radius 1 is 0.886 bits per heavy atom. The number of likely N-dealkylation sites (tertiary alicyclic amines) is 1. The molecule has 2 N–H and O–H groups in total. The molecule has 0 amide bonds. The Labute approximate surface area is 255 Å². The summed E-state index contributed by atoms with van der Waals surface area (Å²) in [6, 6.07) is 14.6. The van der Waals surface area contributed by atoms with Gasteiger partial charge in [0, 0.05) is 25.7 Å². The van der Waals surface area contributed by atoms with Crippen LogP contribution in [0, 0.1) is 5.82 Å². The van der Waals surface area contributed by atoms with E-state index in [0.717, 1.165) is 66.9 Å². The Kier molecular flexibility index (Phi) is 11.5. The SMILES string of the molecule is CCOc1cc(CN2CCC(NCCNS(=O)(=O)c3ccc(OC(F)(F)F)cc3)CC2)cc(OCC)c1-c1ccc(F)cc1. The molecule has 8 nitrogen and oxygen atoms in total. The zero-order valence-corrected chi connectivity index (χ0v) is 25.4. The van der Waals surface area contributed by atoms with Crippen LogP contribution in [-0.2, 0) is 16.6 Å². The van der Waals surface area contributed by atoms with Crippen molar-refractivity contribution in [2.24, 2.45) is 0 Å². The van der Waals surface area contributed by atoms with Crippen LogP contribution in [0.2, 0.25) is 0 Å². The van der Waals surface area contributed by atoms with Gasteiger partial charge < -0.3 is 19.5 Å². The molecule has 44 heavy (non-hydrogen) atoms. The zero-order chi connectivity index (χ0) is 31.7. The molecular formula is C31H37F4N3O5S. The smallest absolute Gasteiger partial charge is 0.493 e. The highest BCUT2D eigenvalue weighted by Gasteiger charge is 2.31. The normalized spacial score (nSPS) is 14.9. The van der Waals surface area contributed by atoms with E-state index in [2.05, 4.69) is 19.7 Å². The highest BCUT2D eigenvalue weighted by Crippen LogP contribution is 2.40. The van der Waals surface area contributed by atoms with Gasteiger partial charge in [0.05, 0.1) is 23.7 Å². The summed E-state index contributed by atoms with van der Waals surface area (Å²) in [5.41, 5.74) is 2.65. The predicted octanol–water partition coefficient (Wildman–Crippen LogP) is 5.72. The van der Waals surface area contributed by atoms with Crippen molar-refractivity contribution in [3.63, 3.8) is 0 Å². The third-order valence-corrected chi connectivity index (χ3v) is 8.55. The van der Waals surface area contributed by atoms with E-state index in [1.54, 1.807) is 12.1 Å². The van der Waals surface area contributed by atoms with E-state index in [9.17, 15) is 26.0 Å². The molecule has 13 heteroatoms. The minimum absolute atomic E-state index is 0.129. The van der Waals surface area contributed by atoms with Gasteiger partial charge in [-0.2, -0.15) is 0 Å². The second-order valence-electron chi connectivity index (χ2n) is 10.3. The van der Waals surface area contributed by atoms with Gasteiger partial charge in [-0.3, -0.25) is 4.90 Å². The standard InChI is InChI=1S/C31H37F4N3O5S/c1-3-41-28-19-22(20-29(42-4-2)30(28)23-5-7-24(32)8-6-23)21-38-17-13-25(14-18-38)36-15-16-37-44(39,40)27-11-9-26(10-12-27)43-31(33,34)35/h5-12,19-20,25,36-37H,3-4,13-18,21H2,1-2H3. The summed E-state index contributed by atoms with van der Waals surface area (Å²) in [5, 5.41) is 3.38. The third kappa shape index (κ3) is 9.55. The van der Waals surface area contributed by atoms with E-state index in [0.29, 0.717) is 37.8 Å². The summed E-state index contributed by atoms with van der Waals surface area (Å²) >= 11 is 0. The van der Waals surface area contributed by atoms with Crippen LogP contribution in [0.3, 0.4) is 0 Å². The van der Waals surface area contributed by atoms with Crippen LogP contribution in [0.4, 0.5) is 17.6 Å². The molecule has 0 saturated carbocycles. The van der Waals surface area contributed by atoms with Crippen molar-refractivity contribution in [1.82, 2.24) is 14.9 Å². The number of benzene rings is 3. The lowest BCUT2D eigenvalue weighted by Gasteiger charge is -2.32. The fourth-order valence-corrected chi connectivity index (χ4v) is 6.13. The Bertz CT molecular complexity index is 1430. The molecule has 0 unspecified atom stereocenters. The molecular weight excluding hydrogens is 602 g/mol. The van der Waals surface area contributed by atoms with Crippen LogP contribution in [-0.4, -0.2) is 65.1 Å². The average Bonchev–Trinajstić information content (AvgIpc) is 2.97. The lowest BCUT2D eigenvalue weighted by Crippen LogP contribution is -2.44. The highest BCUT2D eigenvalue weighted by molar-refractivity contribution is 7.89. The Balaban J connectivity index is 1.28. The molecule has 0 bridgehead atoms. The molecule has 3 aromatic carbocycles. The number of ether oxygens (including phenoxy) is 3. The van der Waals surface area contributed by atoms with Gasteiger partial charge in [-0.25, -0.2) is 17.5 Å². The largest absolute Gasteiger partial charge is 0.573 e. The first-order chi connectivity index (χ1) is 21.0. The molecule has 1 saturated heterocycles. The lowest BCUT2D eigenvalue weighted by atomic mass is 9.99. The van der Waals surface area contributed by atoms with Crippen molar-refractivity contribution in [3.8, 4) is 28.4 Å². The van der Waals surface area contributed by atoms with Crippen molar-refractivity contribution in [1.29, 1.82) is 0 Å². The Morgan fingerprint density at radius 3 is 2.02 bits per heavy atom. The van der Waals surface area contributed by atoms with Crippen LogP contribution >= 0.6 is 0 Å². The maximum atomic E-state index is 13.6. The van der Waals surface area contributed by atoms with Gasteiger partial charge in [0.15, 0.2) is 0 Å². The number of hydrogen-bond acceptors (Lipinski definition) is 7. The van der Waals surface area contributed by atoms with Crippen molar-refractivity contribution in [2.75, 3.05) is 39.4 Å². The maximum Gasteiger partial charge on any atom is 0.573 e. The minimum atomic E-state index is -4.85. The van der Waals surface area contributed by atoms with E-state index in [4.69, 9.17) is 9.47 Å². The number of halogens is 4. The third-order valence-electron chi connectivity index (χ3n) is 7.07. The molecule has 0 aromatic heterocycles. The molecule has 1 heterocycles. The summed E-state index contributed by atoms with van der Waals surface area (Å²) in [7, 11) is -3.88. The first-order valence-electron chi connectivity index (χ1n) is 14.5. The fourth-order valence-electron chi connectivity index (χ4n) is 5.09. The lowest BCUT2D eigenvalue weighted by molar-refractivity contribution is -0.274. The summed E-state index contributed by atoms with van der Waals surface area (Å²) < 4.78 is 93.8. The average molecular weight is 640 g/mol. The van der Waals surface area contributed by atoms with Crippen molar-refractivity contribution in [2.45, 2.75) is 50.5 Å². The molecule has 3 aromatic rings. The number of rotatable bonds is 14. The van der Waals surface area contributed by atoms with Gasteiger partial charge in [0.25, 0.3) is 0 Å². The van der Waals surface area contributed by atoms with E-state index in [1.807, 2.05) is 26.0 Å². The first-order valence-corrected chi connectivity index (χ1v) is 16.0. The fraction of sp³-hybridized carbons (Fsp3) is 0.419. The molecule has 0 radical (unpaired) electrons. The van der Waals surface area contributed by atoms with Crippen LogP contribution in [0.15, 0.2) is 65.6 Å². The number of sulfonamides is 1. The van der Waals surface area contributed by atoms with Gasteiger partial charge in [-0.1, -0.05) is 12.1 Å². The summed E-state index contributed by atoms with van der Waals surface area (Å²) in [5.74, 6) is 0.567. The highest BCUT2D eigenvalue weighted by atomic mass is 32.2. The summed E-state index contributed by atoms with van der Waals surface area (Å²) in [6.07, 6.45) is -3.10. The van der Waals surface area contributed by atoms with E-state index in [1.165, 1.54) is 12.1 Å². The predicted molar refractivity (Wildman–Crippen MR) is 159 cm³/mol. The quantitative estimate of drug-likeness (QED) is 0.172. The van der Waals surface area contributed by atoms with Crippen LogP contribution in [0.5, 0.6) is 17.2 Å².